The van der Waals surface area contributed by atoms with Gasteiger partial charge in [0.15, 0.2) is 11.5 Å². The molecule has 27 heavy (non-hydrogen) atoms. The lowest BCUT2D eigenvalue weighted by atomic mass is 10.1. The van der Waals surface area contributed by atoms with Crippen molar-refractivity contribution >= 4 is 29.5 Å². The average molecular weight is 366 g/mol. The lowest BCUT2D eigenvalue weighted by Gasteiger charge is -2.13. The molecule has 2 aromatic rings. The number of nitrogens with zero attached hydrogens (tertiary/aromatic N) is 1. The molecule has 1 aliphatic rings. The maximum absolute atomic E-state index is 12.6. The Hall–Kier alpha value is -3.61. The van der Waals surface area contributed by atoms with E-state index in [0.29, 0.717) is 17.0 Å². The highest BCUT2D eigenvalue weighted by molar-refractivity contribution is 6.31. The van der Waals surface area contributed by atoms with Crippen LogP contribution in [0.2, 0.25) is 0 Å². The topological polar surface area (TPSA) is 84.9 Å². The van der Waals surface area contributed by atoms with Gasteiger partial charge in [0.1, 0.15) is 5.57 Å². The van der Waals surface area contributed by atoms with Crippen LogP contribution in [0, 0.1) is 0 Å². The largest absolute Gasteiger partial charge is 0.493 e. The Balaban J connectivity index is 1.88. The Labute approximate surface area is 156 Å². The van der Waals surface area contributed by atoms with E-state index in [2.05, 4.69) is 5.43 Å². The number of esters is 1. The van der Waals surface area contributed by atoms with Gasteiger partial charge in [-0.15, -0.1) is 0 Å². The zero-order valence-electron chi connectivity index (χ0n) is 14.9. The van der Waals surface area contributed by atoms with Gasteiger partial charge in [-0.1, -0.05) is 31.2 Å². The van der Waals surface area contributed by atoms with Gasteiger partial charge in [0.05, 0.1) is 12.8 Å². The third-order valence-corrected chi connectivity index (χ3v) is 3.92. The lowest BCUT2D eigenvalue weighted by Crippen LogP contribution is -2.35. The van der Waals surface area contributed by atoms with E-state index in [9.17, 15) is 14.4 Å². The van der Waals surface area contributed by atoms with Crippen molar-refractivity contribution in [1.29, 1.82) is 0 Å². The maximum Gasteiger partial charge on any atom is 0.311 e. The second kappa shape index (κ2) is 7.74. The number of carbonyl (C=O) groups is 3. The Kier molecular flexibility index (Phi) is 5.21. The molecule has 2 aromatic carbocycles. The van der Waals surface area contributed by atoms with Gasteiger partial charge in [0.25, 0.3) is 11.8 Å². The first-order valence-corrected chi connectivity index (χ1v) is 8.34. The Morgan fingerprint density at radius 1 is 1.11 bits per heavy atom. The Morgan fingerprint density at radius 2 is 1.85 bits per heavy atom. The first-order chi connectivity index (χ1) is 13.0. The first kappa shape index (κ1) is 18.2. The minimum atomic E-state index is -0.496. The van der Waals surface area contributed by atoms with Gasteiger partial charge >= 0.3 is 5.97 Å². The predicted octanol–water partition coefficient (Wildman–Crippen LogP) is 2.47. The van der Waals surface area contributed by atoms with E-state index in [1.54, 1.807) is 49.4 Å². The summed E-state index contributed by atoms with van der Waals surface area (Å²) in [6, 6.07) is 13.6. The third kappa shape index (κ3) is 3.82. The van der Waals surface area contributed by atoms with Gasteiger partial charge in [0.2, 0.25) is 0 Å². The quantitative estimate of drug-likeness (QED) is 0.380. The SMILES string of the molecule is CCC(=O)Oc1ccc(C=C2C(=O)NN(c3ccccc3)C2=O)cc1OC. The number of para-hydroxylation sites is 1. The summed E-state index contributed by atoms with van der Waals surface area (Å²) < 4.78 is 10.4. The van der Waals surface area contributed by atoms with Crippen molar-refractivity contribution in [3.8, 4) is 11.5 Å². The van der Waals surface area contributed by atoms with Gasteiger partial charge in [-0.3, -0.25) is 19.8 Å². The highest BCUT2D eigenvalue weighted by Crippen LogP contribution is 2.30. The Morgan fingerprint density at radius 3 is 2.52 bits per heavy atom. The van der Waals surface area contributed by atoms with Crippen LogP contribution in [0.5, 0.6) is 11.5 Å². The summed E-state index contributed by atoms with van der Waals surface area (Å²) in [7, 11) is 1.44. The standard InChI is InChI=1S/C20H18N2O5/c1-3-18(23)27-16-10-9-13(12-17(16)26-2)11-15-19(24)21-22(20(15)25)14-7-5-4-6-8-14/h4-12H,3H2,1-2H3,(H,21,24). The van der Waals surface area contributed by atoms with Crippen molar-refractivity contribution in [1.82, 2.24) is 5.43 Å². The van der Waals surface area contributed by atoms with E-state index in [1.807, 2.05) is 6.07 Å². The smallest absolute Gasteiger partial charge is 0.311 e. The first-order valence-electron chi connectivity index (χ1n) is 8.34. The molecule has 0 aromatic heterocycles. The molecule has 3 rings (SSSR count). The fraction of sp³-hybridized carbons (Fsp3) is 0.150. The van der Waals surface area contributed by atoms with E-state index in [0.717, 1.165) is 0 Å². The number of amides is 2. The van der Waals surface area contributed by atoms with Crippen molar-refractivity contribution in [3.63, 3.8) is 0 Å². The molecule has 0 unspecified atom stereocenters. The monoisotopic (exact) mass is 366 g/mol. The number of benzene rings is 2. The summed E-state index contributed by atoms with van der Waals surface area (Å²) in [5.41, 5.74) is 3.67. The summed E-state index contributed by atoms with van der Waals surface area (Å²) in [5.74, 6) is -0.726. The number of methoxy groups -OCH3 is 1. The number of hydrazine groups is 1. The second-order valence-corrected chi connectivity index (χ2v) is 5.71. The van der Waals surface area contributed by atoms with E-state index in [-0.39, 0.29) is 23.7 Å². The van der Waals surface area contributed by atoms with Crippen molar-refractivity contribution in [2.45, 2.75) is 13.3 Å². The number of hydrogen-bond acceptors (Lipinski definition) is 5. The van der Waals surface area contributed by atoms with Crippen molar-refractivity contribution in [2.24, 2.45) is 0 Å². The molecule has 1 N–H and O–H groups in total. The van der Waals surface area contributed by atoms with Crippen LogP contribution < -0.4 is 19.9 Å². The molecule has 2 amide bonds. The molecule has 0 bridgehead atoms. The summed E-state index contributed by atoms with van der Waals surface area (Å²) >= 11 is 0. The second-order valence-electron chi connectivity index (χ2n) is 5.71. The number of rotatable bonds is 5. The molecular formula is C20H18N2O5. The number of nitrogens with one attached hydrogen (secondary N) is 1. The zero-order valence-corrected chi connectivity index (χ0v) is 14.9. The van der Waals surface area contributed by atoms with Crippen LogP contribution in [-0.4, -0.2) is 24.9 Å². The summed E-state index contributed by atoms with van der Waals surface area (Å²) in [4.78, 5) is 36.3. The van der Waals surface area contributed by atoms with Crippen molar-refractivity contribution in [2.75, 3.05) is 12.1 Å². The van der Waals surface area contributed by atoms with E-state index in [1.165, 1.54) is 18.2 Å². The normalized spacial score (nSPS) is 15.0. The maximum atomic E-state index is 12.6. The number of ether oxygens (including phenoxy) is 2. The van der Waals surface area contributed by atoms with Crippen molar-refractivity contribution < 1.29 is 23.9 Å². The van der Waals surface area contributed by atoms with Gasteiger partial charge in [0, 0.05) is 6.42 Å². The zero-order chi connectivity index (χ0) is 19.4. The molecule has 0 radical (unpaired) electrons. The molecule has 7 heteroatoms. The molecule has 0 saturated carbocycles. The lowest BCUT2D eigenvalue weighted by molar-refractivity contribution is -0.134. The van der Waals surface area contributed by atoms with Gasteiger partial charge in [-0.25, -0.2) is 5.01 Å². The molecule has 1 aliphatic heterocycles. The summed E-state index contributed by atoms with van der Waals surface area (Å²) in [6.45, 7) is 1.69. The molecular weight excluding hydrogens is 348 g/mol. The minimum absolute atomic E-state index is 0.000732. The molecule has 0 aliphatic carbocycles. The average Bonchev–Trinajstić information content (AvgIpc) is 2.97. The number of carbonyl (C=O) groups excluding carboxylic acids is 3. The molecule has 0 spiro atoms. The molecule has 1 saturated heterocycles. The summed E-state index contributed by atoms with van der Waals surface area (Å²) in [6.07, 6.45) is 1.70. The number of anilines is 1. The highest BCUT2D eigenvalue weighted by Gasteiger charge is 2.34. The molecule has 1 heterocycles. The predicted molar refractivity (Wildman–Crippen MR) is 99.0 cm³/mol. The van der Waals surface area contributed by atoms with Crippen molar-refractivity contribution in [3.05, 3.63) is 59.7 Å². The number of hydrogen-bond donors (Lipinski definition) is 1. The fourth-order valence-electron chi connectivity index (χ4n) is 2.54. The van der Waals surface area contributed by atoms with E-state index < -0.39 is 11.8 Å². The molecule has 138 valence electrons. The van der Waals surface area contributed by atoms with Crippen LogP contribution in [-0.2, 0) is 14.4 Å². The Bertz CT molecular complexity index is 921. The van der Waals surface area contributed by atoms with Gasteiger partial charge in [-0.05, 0) is 35.9 Å². The summed E-state index contributed by atoms with van der Waals surface area (Å²) in [5, 5.41) is 1.20. The fourth-order valence-corrected chi connectivity index (χ4v) is 2.54. The van der Waals surface area contributed by atoms with Gasteiger partial charge in [-0.2, -0.15) is 0 Å². The van der Waals surface area contributed by atoms with Crippen LogP contribution in [0.1, 0.15) is 18.9 Å². The minimum Gasteiger partial charge on any atom is -0.493 e. The molecule has 0 atom stereocenters. The van der Waals surface area contributed by atoms with Crippen LogP contribution in [0.3, 0.4) is 0 Å². The molecule has 7 nitrogen and oxygen atoms in total. The molecule has 1 fully saturated rings. The van der Waals surface area contributed by atoms with Crippen LogP contribution in [0.15, 0.2) is 54.1 Å². The van der Waals surface area contributed by atoms with E-state index in [4.69, 9.17) is 9.47 Å². The highest BCUT2D eigenvalue weighted by atomic mass is 16.6. The van der Waals surface area contributed by atoms with Gasteiger partial charge < -0.3 is 9.47 Å². The van der Waals surface area contributed by atoms with Crippen LogP contribution >= 0.6 is 0 Å². The van der Waals surface area contributed by atoms with Crippen LogP contribution in [0.4, 0.5) is 5.69 Å². The van der Waals surface area contributed by atoms with E-state index >= 15 is 0 Å². The third-order valence-electron chi connectivity index (χ3n) is 3.92. The van der Waals surface area contributed by atoms with Crippen LogP contribution in [0.25, 0.3) is 6.08 Å².